The Bertz CT molecular complexity index is 941. The summed E-state index contributed by atoms with van der Waals surface area (Å²) in [6, 6.07) is 16.8. The molecule has 1 aliphatic carbocycles. The minimum atomic E-state index is 0.370. The summed E-state index contributed by atoms with van der Waals surface area (Å²) in [5.74, 6) is 2.66. The number of aryl methyl sites for hydroxylation is 1. The molecule has 0 spiro atoms. The fraction of sp³-hybridized carbons (Fsp3) is 0.333. The van der Waals surface area contributed by atoms with E-state index in [0.29, 0.717) is 12.6 Å². The molecule has 0 bridgehead atoms. The fourth-order valence-corrected chi connectivity index (χ4v) is 4.52. The van der Waals surface area contributed by atoms with Gasteiger partial charge in [0.2, 0.25) is 0 Å². The number of allylic oxidation sites excluding steroid dienone is 1. The molecule has 0 radical (unpaired) electrons. The van der Waals surface area contributed by atoms with Gasteiger partial charge < -0.3 is 4.74 Å². The van der Waals surface area contributed by atoms with E-state index in [-0.39, 0.29) is 0 Å². The molecule has 5 heteroatoms. The second-order valence-electron chi connectivity index (χ2n) is 7.53. The van der Waals surface area contributed by atoms with Crippen LogP contribution in [0.2, 0.25) is 0 Å². The Balaban J connectivity index is 1.49. The van der Waals surface area contributed by atoms with Gasteiger partial charge >= 0.3 is 0 Å². The largest absolute Gasteiger partial charge is 0.490 e. The summed E-state index contributed by atoms with van der Waals surface area (Å²) < 4.78 is 8.21. The summed E-state index contributed by atoms with van der Waals surface area (Å²) in [5, 5.41) is 9.82. The molecule has 4 rings (SSSR count). The smallest absolute Gasteiger partial charge is 0.192 e. The number of hydrogen-bond donors (Lipinski definition) is 0. The normalized spacial score (nSPS) is 14.2. The first kappa shape index (κ1) is 19.8. The Labute approximate surface area is 177 Å². The van der Waals surface area contributed by atoms with Gasteiger partial charge in [0, 0.05) is 17.9 Å². The zero-order chi connectivity index (χ0) is 20.1. The quantitative estimate of drug-likeness (QED) is 0.338. The van der Waals surface area contributed by atoms with E-state index in [4.69, 9.17) is 4.74 Å². The highest BCUT2D eigenvalue weighted by atomic mass is 32.2. The monoisotopic (exact) mass is 405 g/mol. The molecular formula is C24H27N3OS. The lowest BCUT2D eigenvalue weighted by Gasteiger charge is -2.13. The van der Waals surface area contributed by atoms with Gasteiger partial charge in [0.15, 0.2) is 11.0 Å². The van der Waals surface area contributed by atoms with Crippen LogP contribution in [0.1, 0.15) is 36.8 Å². The number of thioether (sulfide) groups is 1. The minimum Gasteiger partial charge on any atom is -0.490 e. The Morgan fingerprint density at radius 2 is 1.79 bits per heavy atom. The van der Waals surface area contributed by atoms with Crippen molar-refractivity contribution >= 4 is 11.8 Å². The van der Waals surface area contributed by atoms with E-state index in [0.717, 1.165) is 40.9 Å². The van der Waals surface area contributed by atoms with Crippen LogP contribution in [-0.4, -0.2) is 20.9 Å². The highest BCUT2D eigenvalue weighted by Crippen LogP contribution is 2.29. The van der Waals surface area contributed by atoms with Crippen LogP contribution in [0.4, 0.5) is 0 Å². The summed E-state index contributed by atoms with van der Waals surface area (Å²) in [6.07, 6.45) is 7.14. The number of ether oxygens (including phenoxy) is 1. The third kappa shape index (κ3) is 4.91. The van der Waals surface area contributed by atoms with Crippen molar-refractivity contribution in [3.8, 4) is 17.1 Å². The molecule has 0 aliphatic heterocycles. The van der Waals surface area contributed by atoms with E-state index in [1.54, 1.807) is 11.8 Å². The van der Waals surface area contributed by atoms with Crippen molar-refractivity contribution < 1.29 is 4.74 Å². The van der Waals surface area contributed by atoms with E-state index < -0.39 is 0 Å². The molecule has 4 nitrogen and oxygen atoms in total. The number of hydrogen-bond acceptors (Lipinski definition) is 4. The van der Waals surface area contributed by atoms with Gasteiger partial charge in [0.1, 0.15) is 5.75 Å². The summed E-state index contributed by atoms with van der Waals surface area (Å²) >= 11 is 1.70. The van der Waals surface area contributed by atoms with Crippen LogP contribution in [0, 0.1) is 6.92 Å². The first-order valence-electron chi connectivity index (χ1n) is 10.2. The minimum absolute atomic E-state index is 0.370. The molecule has 1 saturated carbocycles. The topological polar surface area (TPSA) is 39.9 Å². The third-order valence-corrected chi connectivity index (χ3v) is 6.27. The third-order valence-electron chi connectivity index (χ3n) is 5.23. The lowest BCUT2D eigenvalue weighted by Crippen LogP contribution is -2.10. The van der Waals surface area contributed by atoms with Crippen LogP contribution < -0.4 is 4.74 Å². The molecule has 2 aromatic carbocycles. The molecule has 29 heavy (non-hydrogen) atoms. The predicted molar refractivity (Wildman–Crippen MR) is 119 cm³/mol. The Hall–Kier alpha value is -2.53. The molecule has 3 aromatic rings. The van der Waals surface area contributed by atoms with Gasteiger partial charge in [-0.3, -0.25) is 4.57 Å². The molecule has 0 N–H and O–H groups in total. The van der Waals surface area contributed by atoms with Gasteiger partial charge in [-0.15, -0.1) is 16.8 Å². The number of aromatic nitrogens is 3. The molecule has 1 fully saturated rings. The van der Waals surface area contributed by atoms with Crippen LogP contribution in [0.15, 0.2) is 66.3 Å². The van der Waals surface area contributed by atoms with Crippen LogP contribution >= 0.6 is 11.8 Å². The van der Waals surface area contributed by atoms with Crippen molar-refractivity contribution in [1.29, 1.82) is 0 Å². The van der Waals surface area contributed by atoms with Crippen molar-refractivity contribution in [2.24, 2.45) is 0 Å². The van der Waals surface area contributed by atoms with Crippen molar-refractivity contribution in [2.75, 3.05) is 0 Å². The summed E-state index contributed by atoms with van der Waals surface area (Å²) in [6.45, 7) is 6.69. The molecule has 0 atom stereocenters. The molecular weight excluding hydrogens is 378 g/mol. The van der Waals surface area contributed by atoms with Crippen molar-refractivity contribution in [2.45, 2.75) is 56.2 Å². The van der Waals surface area contributed by atoms with Gasteiger partial charge in [-0.1, -0.05) is 47.7 Å². The van der Waals surface area contributed by atoms with E-state index in [9.17, 15) is 0 Å². The average molecular weight is 406 g/mol. The van der Waals surface area contributed by atoms with Gasteiger partial charge in [-0.2, -0.15) is 0 Å². The Kier molecular flexibility index (Phi) is 6.35. The molecule has 1 aromatic heterocycles. The number of nitrogens with zero attached hydrogens (tertiary/aromatic N) is 3. The average Bonchev–Trinajstić information content (AvgIpc) is 3.39. The van der Waals surface area contributed by atoms with E-state index in [1.165, 1.54) is 24.0 Å². The first-order valence-corrected chi connectivity index (χ1v) is 11.2. The zero-order valence-corrected chi connectivity index (χ0v) is 17.7. The molecule has 0 amide bonds. The summed E-state index contributed by atoms with van der Waals surface area (Å²) in [4.78, 5) is 0. The maximum absolute atomic E-state index is 6.08. The van der Waals surface area contributed by atoms with E-state index in [1.807, 2.05) is 18.2 Å². The predicted octanol–water partition coefficient (Wildman–Crippen LogP) is 6.05. The van der Waals surface area contributed by atoms with Gasteiger partial charge in [-0.25, -0.2) is 0 Å². The maximum atomic E-state index is 6.08. The molecule has 1 heterocycles. The molecule has 150 valence electrons. The van der Waals surface area contributed by atoms with E-state index >= 15 is 0 Å². The maximum Gasteiger partial charge on any atom is 0.192 e. The standard InChI is InChI=1S/C24H27N3OS/c1-3-16-27-23(20-12-14-22(15-13-20)28-21-6-4-5-7-21)25-26-24(27)29-17-19-10-8-18(2)9-11-19/h3,8-15,21H,1,4-7,16-17H2,2H3. The van der Waals surface area contributed by atoms with Crippen LogP contribution in [0.3, 0.4) is 0 Å². The Morgan fingerprint density at radius 1 is 1.07 bits per heavy atom. The molecule has 0 saturated heterocycles. The first-order chi connectivity index (χ1) is 14.2. The molecule has 0 unspecified atom stereocenters. The SMILES string of the molecule is C=CCn1c(SCc2ccc(C)cc2)nnc1-c1ccc(OC2CCCC2)cc1. The Morgan fingerprint density at radius 3 is 2.48 bits per heavy atom. The fourth-order valence-electron chi connectivity index (χ4n) is 3.62. The van der Waals surface area contributed by atoms with Gasteiger partial charge in [-0.05, 0) is 62.4 Å². The summed E-state index contributed by atoms with van der Waals surface area (Å²) in [7, 11) is 0. The van der Waals surface area contributed by atoms with Crippen molar-refractivity contribution in [1.82, 2.24) is 14.8 Å². The van der Waals surface area contributed by atoms with Crippen LogP contribution in [0.5, 0.6) is 5.75 Å². The summed E-state index contributed by atoms with van der Waals surface area (Å²) in [5.41, 5.74) is 3.60. The van der Waals surface area contributed by atoms with Crippen LogP contribution in [0.25, 0.3) is 11.4 Å². The van der Waals surface area contributed by atoms with E-state index in [2.05, 4.69) is 64.7 Å². The van der Waals surface area contributed by atoms with Crippen LogP contribution in [-0.2, 0) is 12.3 Å². The lowest BCUT2D eigenvalue weighted by atomic mass is 10.2. The van der Waals surface area contributed by atoms with Gasteiger partial charge in [0.25, 0.3) is 0 Å². The highest BCUT2D eigenvalue weighted by molar-refractivity contribution is 7.98. The second kappa shape index (κ2) is 9.31. The molecule has 1 aliphatic rings. The lowest BCUT2D eigenvalue weighted by molar-refractivity contribution is 0.210. The second-order valence-corrected chi connectivity index (χ2v) is 8.47. The number of rotatable bonds is 8. The number of benzene rings is 2. The zero-order valence-electron chi connectivity index (χ0n) is 16.9. The van der Waals surface area contributed by atoms with Crippen molar-refractivity contribution in [3.63, 3.8) is 0 Å². The highest BCUT2D eigenvalue weighted by Gasteiger charge is 2.17. The van der Waals surface area contributed by atoms with Gasteiger partial charge in [0.05, 0.1) is 6.10 Å². The van der Waals surface area contributed by atoms with Crippen molar-refractivity contribution in [3.05, 3.63) is 72.3 Å².